The Labute approximate surface area is 172 Å². The van der Waals surface area contributed by atoms with Gasteiger partial charge in [0.2, 0.25) is 0 Å². The first-order chi connectivity index (χ1) is 13.9. The predicted octanol–water partition coefficient (Wildman–Crippen LogP) is 3.60. The summed E-state index contributed by atoms with van der Waals surface area (Å²) in [5.74, 6) is -0.814. The molecule has 0 aliphatic carbocycles. The minimum Gasteiger partial charge on any atom is -0.444 e. The number of anilines is 1. The van der Waals surface area contributed by atoms with Crippen molar-refractivity contribution in [3.05, 3.63) is 41.6 Å². The van der Waals surface area contributed by atoms with E-state index in [9.17, 15) is 28.0 Å². The lowest BCUT2D eigenvalue weighted by Gasteiger charge is -2.35. The van der Waals surface area contributed by atoms with Gasteiger partial charge < -0.3 is 19.9 Å². The van der Waals surface area contributed by atoms with Gasteiger partial charge in [0.05, 0.1) is 5.56 Å². The van der Waals surface area contributed by atoms with Crippen LogP contribution in [0.2, 0.25) is 0 Å². The van der Waals surface area contributed by atoms with E-state index in [1.54, 1.807) is 31.7 Å². The largest absolute Gasteiger partial charge is 0.444 e. The van der Waals surface area contributed by atoms with Crippen molar-refractivity contribution in [1.82, 2.24) is 9.80 Å². The van der Waals surface area contributed by atoms with Crippen molar-refractivity contribution < 1.29 is 27.5 Å². The van der Waals surface area contributed by atoms with Crippen LogP contribution in [-0.4, -0.2) is 53.6 Å². The molecule has 10 heteroatoms. The first-order valence-electron chi connectivity index (χ1n) is 9.21. The number of nitriles is 1. The molecule has 1 saturated heterocycles. The number of halogens is 3. The summed E-state index contributed by atoms with van der Waals surface area (Å²) in [6.45, 7) is 6.76. The molecule has 30 heavy (non-hydrogen) atoms. The van der Waals surface area contributed by atoms with Gasteiger partial charge in [0.15, 0.2) is 0 Å². The Hall–Kier alpha value is -3.22. The number of piperazine rings is 1. The lowest BCUT2D eigenvalue weighted by Crippen LogP contribution is -2.48. The van der Waals surface area contributed by atoms with Crippen molar-refractivity contribution in [1.29, 1.82) is 5.26 Å². The van der Waals surface area contributed by atoms with Crippen LogP contribution in [0.4, 0.5) is 23.7 Å². The summed E-state index contributed by atoms with van der Waals surface area (Å²) >= 11 is 0. The fraction of sp³-hybridized carbons (Fsp3) is 0.450. The Morgan fingerprint density at radius 2 is 1.80 bits per heavy atom. The van der Waals surface area contributed by atoms with E-state index in [0.29, 0.717) is 26.2 Å². The standard InChI is InChI=1S/C20H23F3N4O3/c1-19(2,3)30-18(29)27-9-7-26(8-10-27)13-14(12-24)17(28)25-16-6-4-5-15(11-16)20(21,22)23/h4-6,11,13H,7-10H2,1-3H3,(H,25,28)/b14-13-. The molecule has 1 N–H and O–H groups in total. The SMILES string of the molecule is CC(C)(C)OC(=O)N1CCN(/C=C(/C#N)C(=O)Nc2cccc(C(F)(F)F)c2)CC1. The third-order valence-corrected chi connectivity index (χ3v) is 4.09. The normalized spacial score (nSPS) is 15.4. The van der Waals surface area contributed by atoms with Gasteiger partial charge in [-0.2, -0.15) is 18.4 Å². The highest BCUT2D eigenvalue weighted by atomic mass is 19.4. The molecule has 1 heterocycles. The molecule has 7 nitrogen and oxygen atoms in total. The van der Waals surface area contributed by atoms with Crippen LogP contribution < -0.4 is 5.32 Å². The predicted molar refractivity (Wildman–Crippen MR) is 103 cm³/mol. The number of benzene rings is 1. The summed E-state index contributed by atoms with van der Waals surface area (Å²) in [7, 11) is 0. The van der Waals surface area contributed by atoms with Crippen LogP contribution in [0.5, 0.6) is 0 Å². The van der Waals surface area contributed by atoms with Crippen LogP contribution in [0, 0.1) is 11.3 Å². The van der Waals surface area contributed by atoms with E-state index < -0.39 is 29.3 Å². The monoisotopic (exact) mass is 424 g/mol. The van der Waals surface area contributed by atoms with Gasteiger partial charge in [-0.25, -0.2) is 4.79 Å². The first kappa shape index (κ1) is 23.1. The van der Waals surface area contributed by atoms with Gasteiger partial charge >= 0.3 is 12.3 Å². The maximum Gasteiger partial charge on any atom is 0.416 e. The van der Waals surface area contributed by atoms with E-state index in [2.05, 4.69) is 5.32 Å². The first-order valence-corrected chi connectivity index (χ1v) is 9.21. The summed E-state index contributed by atoms with van der Waals surface area (Å²) in [5.41, 5.74) is -1.83. The molecule has 1 aliphatic rings. The number of hydrogen-bond acceptors (Lipinski definition) is 5. The molecule has 0 aromatic heterocycles. The van der Waals surface area contributed by atoms with E-state index in [-0.39, 0.29) is 11.3 Å². The number of hydrogen-bond donors (Lipinski definition) is 1. The van der Waals surface area contributed by atoms with Gasteiger partial charge in [-0.1, -0.05) is 6.07 Å². The lowest BCUT2D eigenvalue weighted by atomic mass is 10.2. The van der Waals surface area contributed by atoms with Crippen molar-refractivity contribution in [2.24, 2.45) is 0 Å². The molecule has 1 aliphatic heterocycles. The third kappa shape index (κ3) is 6.69. The van der Waals surface area contributed by atoms with E-state index in [1.807, 2.05) is 0 Å². The van der Waals surface area contributed by atoms with Gasteiger partial charge in [0.25, 0.3) is 5.91 Å². The average Bonchev–Trinajstić information content (AvgIpc) is 2.64. The molecule has 1 aromatic carbocycles. The lowest BCUT2D eigenvalue weighted by molar-refractivity contribution is -0.137. The molecule has 1 aromatic rings. The van der Waals surface area contributed by atoms with Gasteiger partial charge in [-0.3, -0.25) is 4.79 Å². The molecular weight excluding hydrogens is 401 g/mol. The minimum atomic E-state index is -4.54. The van der Waals surface area contributed by atoms with Crippen molar-refractivity contribution >= 4 is 17.7 Å². The Balaban J connectivity index is 1.99. The Bertz CT molecular complexity index is 861. The second-order valence-electron chi connectivity index (χ2n) is 7.69. The number of rotatable bonds is 3. The molecule has 2 rings (SSSR count). The number of alkyl halides is 3. The summed E-state index contributed by atoms with van der Waals surface area (Å²) < 4.78 is 43.7. The molecule has 0 radical (unpaired) electrons. The molecular formula is C20H23F3N4O3. The second-order valence-corrected chi connectivity index (χ2v) is 7.69. The Morgan fingerprint density at radius 3 is 2.33 bits per heavy atom. The zero-order chi connectivity index (χ0) is 22.5. The molecule has 1 fully saturated rings. The van der Waals surface area contributed by atoms with Gasteiger partial charge in [0, 0.05) is 38.1 Å². The van der Waals surface area contributed by atoms with Gasteiger partial charge in [-0.05, 0) is 39.0 Å². The zero-order valence-electron chi connectivity index (χ0n) is 16.9. The summed E-state index contributed by atoms with van der Waals surface area (Å²) in [4.78, 5) is 27.6. The van der Waals surface area contributed by atoms with Crippen LogP contribution in [-0.2, 0) is 15.7 Å². The molecule has 0 spiro atoms. The Morgan fingerprint density at radius 1 is 1.17 bits per heavy atom. The van der Waals surface area contributed by atoms with Crippen molar-refractivity contribution in [2.45, 2.75) is 32.5 Å². The number of ether oxygens (including phenoxy) is 1. The Kier molecular flexibility index (Phi) is 6.97. The quantitative estimate of drug-likeness (QED) is 0.592. The van der Waals surface area contributed by atoms with Crippen LogP contribution >= 0.6 is 0 Å². The molecule has 0 atom stereocenters. The molecule has 0 unspecified atom stereocenters. The number of nitrogens with one attached hydrogen (secondary N) is 1. The summed E-state index contributed by atoms with van der Waals surface area (Å²) in [6.07, 6.45) is -3.63. The number of carbonyl (C=O) groups excluding carboxylic acids is 2. The van der Waals surface area contributed by atoms with Crippen LogP contribution in [0.15, 0.2) is 36.0 Å². The van der Waals surface area contributed by atoms with Crippen molar-refractivity contribution in [2.75, 3.05) is 31.5 Å². The smallest absolute Gasteiger partial charge is 0.416 e. The summed E-state index contributed by atoms with van der Waals surface area (Å²) in [5, 5.41) is 11.6. The fourth-order valence-electron chi connectivity index (χ4n) is 2.65. The molecule has 0 bridgehead atoms. The highest BCUT2D eigenvalue weighted by molar-refractivity contribution is 6.06. The number of nitrogens with zero attached hydrogens (tertiary/aromatic N) is 3. The fourth-order valence-corrected chi connectivity index (χ4v) is 2.65. The number of carbonyl (C=O) groups is 2. The maximum atomic E-state index is 12.8. The highest BCUT2D eigenvalue weighted by Crippen LogP contribution is 2.30. The van der Waals surface area contributed by atoms with Gasteiger partial charge in [-0.15, -0.1) is 0 Å². The van der Waals surface area contributed by atoms with E-state index in [1.165, 1.54) is 23.2 Å². The highest BCUT2D eigenvalue weighted by Gasteiger charge is 2.30. The minimum absolute atomic E-state index is 0.0641. The molecule has 0 saturated carbocycles. The maximum absolute atomic E-state index is 12.8. The molecule has 2 amide bonds. The van der Waals surface area contributed by atoms with Crippen molar-refractivity contribution in [3.63, 3.8) is 0 Å². The van der Waals surface area contributed by atoms with Crippen molar-refractivity contribution in [3.8, 4) is 6.07 Å². The summed E-state index contributed by atoms with van der Waals surface area (Å²) in [6, 6.07) is 5.93. The van der Waals surface area contributed by atoms with E-state index in [0.717, 1.165) is 12.1 Å². The molecule has 162 valence electrons. The topological polar surface area (TPSA) is 85.7 Å². The number of amides is 2. The van der Waals surface area contributed by atoms with E-state index >= 15 is 0 Å². The third-order valence-electron chi connectivity index (χ3n) is 4.09. The second kappa shape index (κ2) is 9.07. The average molecular weight is 424 g/mol. The van der Waals surface area contributed by atoms with Crippen LogP contribution in [0.1, 0.15) is 26.3 Å². The van der Waals surface area contributed by atoms with E-state index in [4.69, 9.17) is 4.74 Å². The van der Waals surface area contributed by atoms with Gasteiger partial charge in [0.1, 0.15) is 17.2 Å². The zero-order valence-corrected chi connectivity index (χ0v) is 16.9. The van der Waals surface area contributed by atoms with Crippen LogP contribution in [0.3, 0.4) is 0 Å². The van der Waals surface area contributed by atoms with Crippen LogP contribution in [0.25, 0.3) is 0 Å².